The topological polar surface area (TPSA) is 73.9 Å². The Bertz CT molecular complexity index is 208. The lowest BCUT2D eigenvalue weighted by Crippen LogP contribution is -2.38. The van der Waals surface area contributed by atoms with Crippen LogP contribution in [0, 0.1) is 0 Å². The molecule has 0 bridgehead atoms. The van der Waals surface area contributed by atoms with E-state index in [1.165, 1.54) is 0 Å². The zero-order valence-electron chi connectivity index (χ0n) is 7.77. The van der Waals surface area contributed by atoms with Crippen LogP contribution in [-0.4, -0.2) is 42.0 Å². The highest BCUT2D eigenvalue weighted by molar-refractivity contribution is 4.92. The quantitative estimate of drug-likeness (QED) is 0.564. The zero-order valence-corrected chi connectivity index (χ0v) is 7.77. The molecule has 2 heterocycles. The maximum Gasteiger partial charge on any atom is 0.190 e. The molecule has 5 heteroatoms. The first-order valence-electron chi connectivity index (χ1n) is 4.43. The Morgan fingerprint density at radius 3 is 2.62 bits per heavy atom. The molecule has 2 aliphatic rings. The molecule has 0 spiro atoms. The SMILES string of the molecule is CC1(C)OC2OC(CN)C(O)C2O1. The summed E-state index contributed by atoms with van der Waals surface area (Å²) in [6.07, 6.45) is -1.93. The van der Waals surface area contributed by atoms with Crippen LogP contribution in [0.4, 0.5) is 0 Å². The van der Waals surface area contributed by atoms with E-state index in [4.69, 9.17) is 19.9 Å². The monoisotopic (exact) mass is 189 g/mol. The van der Waals surface area contributed by atoms with Crippen LogP contribution in [0.1, 0.15) is 13.8 Å². The second-order valence-electron chi connectivity index (χ2n) is 3.87. The first-order valence-corrected chi connectivity index (χ1v) is 4.43. The first-order chi connectivity index (χ1) is 6.03. The van der Waals surface area contributed by atoms with Crippen molar-refractivity contribution in [3.8, 4) is 0 Å². The minimum Gasteiger partial charge on any atom is -0.387 e. The van der Waals surface area contributed by atoms with Crippen LogP contribution >= 0.6 is 0 Å². The van der Waals surface area contributed by atoms with Gasteiger partial charge in [-0.05, 0) is 13.8 Å². The summed E-state index contributed by atoms with van der Waals surface area (Å²) in [6, 6.07) is 0. The van der Waals surface area contributed by atoms with Gasteiger partial charge < -0.3 is 25.1 Å². The van der Waals surface area contributed by atoms with E-state index in [0.29, 0.717) is 0 Å². The van der Waals surface area contributed by atoms with Gasteiger partial charge in [-0.3, -0.25) is 0 Å². The molecule has 0 aromatic heterocycles. The van der Waals surface area contributed by atoms with Gasteiger partial charge in [0.1, 0.15) is 18.3 Å². The number of ether oxygens (including phenoxy) is 3. The van der Waals surface area contributed by atoms with Crippen LogP contribution in [0.25, 0.3) is 0 Å². The summed E-state index contributed by atoms with van der Waals surface area (Å²) < 4.78 is 16.2. The second-order valence-corrected chi connectivity index (χ2v) is 3.87. The molecule has 0 amide bonds. The van der Waals surface area contributed by atoms with Crippen LogP contribution in [0.3, 0.4) is 0 Å². The molecule has 2 saturated heterocycles. The lowest BCUT2D eigenvalue weighted by atomic mass is 10.1. The van der Waals surface area contributed by atoms with E-state index in [2.05, 4.69) is 0 Å². The molecule has 13 heavy (non-hydrogen) atoms. The lowest BCUT2D eigenvalue weighted by Gasteiger charge is -2.22. The molecule has 4 unspecified atom stereocenters. The Balaban J connectivity index is 2.07. The van der Waals surface area contributed by atoms with E-state index in [-0.39, 0.29) is 12.6 Å². The fraction of sp³-hybridized carbons (Fsp3) is 1.00. The number of hydrogen-bond donors (Lipinski definition) is 2. The molecule has 3 N–H and O–H groups in total. The summed E-state index contributed by atoms with van der Waals surface area (Å²) in [5.74, 6) is -0.671. The van der Waals surface area contributed by atoms with E-state index in [0.717, 1.165) is 0 Å². The van der Waals surface area contributed by atoms with Gasteiger partial charge in [0, 0.05) is 6.54 Å². The molecule has 0 saturated carbocycles. The fourth-order valence-electron chi connectivity index (χ4n) is 1.75. The fourth-order valence-corrected chi connectivity index (χ4v) is 1.75. The number of aliphatic hydroxyl groups excluding tert-OH is 1. The van der Waals surface area contributed by atoms with Gasteiger partial charge >= 0.3 is 0 Å². The Hall–Kier alpha value is -0.200. The average Bonchev–Trinajstić information content (AvgIpc) is 2.47. The third-order valence-electron chi connectivity index (χ3n) is 2.35. The number of fused-ring (bicyclic) bond motifs is 1. The minimum absolute atomic E-state index is 0.279. The number of aliphatic hydroxyl groups is 1. The van der Waals surface area contributed by atoms with Gasteiger partial charge in [-0.2, -0.15) is 0 Å². The highest BCUT2D eigenvalue weighted by Gasteiger charge is 2.53. The van der Waals surface area contributed by atoms with Gasteiger partial charge in [-0.1, -0.05) is 0 Å². The molecular weight excluding hydrogens is 174 g/mol. The van der Waals surface area contributed by atoms with Gasteiger partial charge in [0.15, 0.2) is 12.1 Å². The normalized spacial score (nSPS) is 48.0. The molecule has 76 valence electrons. The van der Waals surface area contributed by atoms with Crippen molar-refractivity contribution in [1.82, 2.24) is 0 Å². The predicted octanol–water partition coefficient (Wildman–Crippen LogP) is -0.818. The standard InChI is InChI=1S/C8H15NO4/c1-8(2)12-6-5(10)4(3-9)11-7(6)13-8/h4-7,10H,3,9H2,1-2H3. The maximum absolute atomic E-state index is 9.68. The molecule has 4 atom stereocenters. The van der Waals surface area contributed by atoms with E-state index < -0.39 is 24.3 Å². The maximum atomic E-state index is 9.68. The third kappa shape index (κ3) is 1.47. The van der Waals surface area contributed by atoms with Crippen molar-refractivity contribution in [3.05, 3.63) is 0 Å². The van der Waals surface area contributed by atoms with Gasteiger partial charge in [0.05, 0.1) is 0 Å². The van der Waals surface area contributed by atoms with Gasteiger partial charge in [0.2, 0.25) is 0 Å². The minimum atomic E-state index is -0.684. The van der Waals surface area contributed by atoms with Crippen LogP contribution in [0.2, 0.25) is 0 Å². The number of hydrogen-bond acceptors (Lipinski definition) is 5. The first kappa shape index (κ1) is 9.36. The molecule has 0 aliphatic carbocycles. The van der Waals surface area contributed by atoms with E-state index in [1.807, 2.05) is 0 Å². The Labute approximate surface area is 76.8 Å². The third-order valence-corrected chi connectivity index (χ3v) is 2.35. The summed E-state index contributed by atoms with van der Waals surface area (Å²) in [6.45, 7) is 3.86. The van der Waals surface area contributed by atoms with Crippen LogP contribution in [-0.2, 0) is 14.2 Å². The van der Waals surface area contributed by atoms with Gasteiger partial charge in [-0.25, -0.2) is 0 Å². The van der Waals surface area contributed by atoms with Crippen molar-refractivity contribution in [2.75, 3.05) is 6.54 Å². The van der Waals surface area contributed by atoms with Gasteiger partial charge in [0.25, 0.3) is 0 Å². The summed E-state index contributed by atoms with van der Waals surface area (Å²) in [4.78, 5) is 0. The molecule has 2 aliphatic heterocycles. The van der Waals surface area contributed by atoms with E-state index in [1.54, 1.807) is 13.8 Å². The van der Waals surface area contributed by atoms with Crippen molar-refractivity contribution in [3.63, 3.8) is 0 Å². The summed E-state index contributed by atoms with van der Waals surface area (Å²) in [5.41, 5.74) is 5.40. The van der Waals surface area contributed by atoms with Crippen LogP contribution in [0.15, 0.2) is 0 Å². The molecule has 2 fully saturated rings. The van der Waals surface area contributed by atoms with Crippen molar-refractivity contribution in [2.24, 2.45) is 5.73 Å². The average molecular weight is 189 g/mol. The van der Waals surface area contributed by atoms with Crippen LogP contribution < -0.4 is 5.73 Å². The highest BCUT2D eigenvalue weighted by atomic mass is 16.8. The Morgan fingerprint density at radius 1 is 1.38 bits per heavy atom. The molecule has 5 nitrogen and oxygen atoms in total. The summed E-state index contributed by atoms with van der Waals surface area (Å²) >= 11 is 0. The lowest BCUT2D eigenvalue weighted by molar-refractivity contribution is -0.213. The largest absolute Gasteiger partial charge is 0.387 e. The molecule has 0 radical (unpaired) electrons. The number of rotatable bonds is 1. The highest BCUT2D eigenvalue weighted by Crippen LogP contribution is 2.36. The van der Waals surface area contributed by atoms with E-state index in [9.17, 15) is 5.11 Å². The number of nitrogens with two attached hydrogens (primary N) is 1. The summed E-state index contributed by atoms with van der Waals surface area (Å²) in [5, 5.41) is 9.68. The second kappa shape index (κ2) is 2.90. The Morgan fingerprint density at radius 2 is 2.08 bits per heavy atom. The van der Waals surface area contributed by atoms with Crippen molar-refractivity contribution in [1.29, 1.82) is 0 Å². The van der Waals surface area contributed by atoms with Crippen LogP contribution in [0.5, 0.6) is 0 Å². The molecule has 0 aromatic carbocycles. The smallest absolute Gasteiger partial charge is 0.190 e. The molecule has 2 rings (SSSR count). The zero-order chi connectivity index (χ0) is 9.64. The Kier molecular flexibility index (Phi) is 2.08. The molecule has 0 aromatic rings. The van der Waals surface area contributed by atoms with Gasteiger partial charge in [-0.15, -0.1) is 0 Å². The van der Waals surface area contributed by atoms with Crippen molar-refractivity contribution < 1.29 is 19.3 Å². The summed E-state index contributed by atoms with van der Waals surface area (Å²) in [7, 11) is 0. The molecular formula is C8H15NO4. The van der Waals surface area contributed by atoms with Crippen molar-refractivity contribution >= 4 is 0 Å². The van der Waals surface area contributed by atoms with Crippen molar-refractivity contribution in [2.45, 2.75) is 44.2 Å². The predicted molar refractivity (Wildman–Crippen MR) is 43.8 cm³/mol. The van der Waals surface area contributed by atoms with E-state index >= 15 is 0 Å².